The van der Waals surface area contributed by atoms with Crippen molar-refractivity contribution in [3.8, 4) is 5.75 Å². The molecule has 0 heterocycles. The summed E-state index contributed by atoms with van der Waals surface area (Å²) in [5.74, 6) is 5.33. The highest BCUT2D eigenvalue weighted by Gasteiger charge is 2.19. The zero-order chi connectivity index (χ0) is 15.3. The third-order valence-electron chi connectivity index (χ3n) is 2.86. The van der Waals surface area contributed by atoms with Gasteiger partial charge in [0.15, 0.2) is 6.61 Å². The van der Waals surface area contributed by atoms with Gasteiger partial charge < -0.3 is 4.74 Å². The van der Waals surface area contributed by atoms with Crippen molar-refractivity contribution >= 4 is 21.8 Å². The Hall–Kier alpha value is -1.33. The average Bonchev–Trinajstić information content (AvgIpc) is 2.36. The van der Waals surface area contributed by atoms with Gasteiger partial charge >= 0.3 is 0 Å². The molecule has 0 bridgehead atoms. The SMILES string of the molecule is C=CCc1cc(C(C)(C)C)cc(Br)c1OCC(=O)NN. The lowest BCUT2D eigenvalue weighted by Gasteiger charge is -2.22. The molecule has 3 N–H and O–H groups in total. The summed E-state index contributed by atoms with van der Waals surface area (Å²) in [5, 5.41) is 0. The molecular formula is C15H21BrN2O2. The highest BCUT2D eigenvalue weighted by molar-refractivity contribution is 9.10. The van der Waals surface area contributed by atoms with E-state index in [1.165, 1.54) is 5.56 Å². The molecule has 1 aromatic rings. The van der Waals surface area contributed by atoms with E-state index in [0.717, 1.165) is 10.0 Å². The minimum absolute atomic E-state index is 0.0333. The zero-order valence-corrected chi connectivity index (χ0v) is 13.7. The number of allylic oxidation sites excluding steroid dienone is 1. The topological polar surface area (TPSA) is 64.3 Å². The van der Waals surface area contributed by atoms with Crippen LogP contribution in [0.1, 0.15) is 31.9 Å². The smallest absolute Gasteiger partial charge is 0.271 e. The number of amides is 1. The molecule has 0 radical (unpaired) electrons. The molecule has 1 amide bonds. The van der Waals surface area contributed by atoms with Crippen LogP contribution in [0.5, 0.6) is 5.75 Å². The van der Waals surface area contributed by atoms with Gasteiger partial charge in [0.05, 0.1) is 4.47 Å². The van der Waals surface area contributed by atoms with Crippen molar-refractivity contribution in [3.63, 3.8) is 0 Å². The van der Waals surface area contributed by atoms with Crippen LogP contribution in [0.3, 0.4) is 0 Å². The normalized spacial score (nSPS) is 11.1. The van der Waals surface area contributed by atoms with Gasteiger partial charge in [0, 0.05) is 0 Å². The number of nitrogens with one attached hydrogen (secondary N) is 1. The number of benzene rings is 1. The number of hydrogen-bond donors (Lipinski definition) is 2. The lowest BCUT2D eigenvalue weighted by molar-refractivity contribution is -0.123. The first-order chi connectivity index (χ1) is 9.29. The molecule has 0 aromatic heterocycles. The van der Waals surface area contributed by atoms with Crippen molar-refractivity contribution in [2.24, 2.45) is 5.84 Å². The molecule has 0 fully saturated rings. The largest absolute Gasteiger partial charge is 0.482 e. The number of nitrogens with two attached hydrogens (primary N) is 1. The fourth-order valence-corrected chi connectivity index (χ4v) is 2.35. The summed E-state index contributed by atoms with van der Waals surface area (Å²) in [6, 6.07) is 4.10. The molecular weight excluding hydrogens is 320 g/mol. The molecule has 0 spiro atoms. The molecule has 110 valence electrons. The van der Waals surface area contributed by atoms with Gasteiger partial charge in [0.1, 0.15) is 5.75 Å². The first kappa shape index (κ1) is 16.7. The number of rotatable bonds is 5. The number of ether oxygens (including phenoxy) is 1. The third-order valence-corrected chi connectivity index (χ3v) is 3.45. The number of carbonyl (C=O) groups is 1. The van der Waals surface area contributed by atoms with Gasteiger partial charge in [-0.25, -0.2) is 5.84 Å². The van der Waals surface area contributed by atoms with E-state index in [1.807, 2.05) is 17.6 Å². The lowest BCUT2D eigenvalue weighted by atomic mass is 9.85. The predicted molar refractivity (Wildman–Crippen MR) is 84.6 cm³/mol. The van der Waals surface area contributed by atoms with E-state index in [2.05, 4.69) is 49.3 Å². The predicted octanol–water partition coefficient (Wildman–Crippen LogP) is 2.84. The van der Waals surface area contributed by atoms with Gasteiger partial charge in [-0.2, -0.15) is 0 Å². The molecule has 0 unspecified atom stereocenters. The highest BCUT2D eigenvalue weighted by atomic mass is 79.9. The fourth-order valence-electron chi connectivity index (χ4n) is 1.73. The molecule has 0 aliphatic carbocycles. The molecule has 20 heavy (non-hydrogen) atoms. The molecule has 0 aliphatic rings. The van der Waals surface area contributed by atoms with Crippen LogP contribution >= 0.6 is 15.9 Å². The van der Waals surface area contributed by atoms with E-state index < -0.39 is 0 Å². The molecule has 0 saturated carbocycles. The Kier molecular flexibility index (Phi) is 5.77. The van der Waals surface area contributed by atoms with Gasteiger partial charge in [-0.1, -0.05) is 32.9 Å². The Balaban J connectivity index is 3.15. The lowest BCUT2D eigenvalue weighted by Crippen LogP contribution is -2.34. The second-order valence-electron chi connectivity index (χ2n) is 5.55. The molecule has 5 heteroatoms. The quantitative estimate of drug-likeness (QED) is 0.375. The first-order valence-corrected chi connectivity index (χ1v) is 7.15. The summed E-state index contributed by atoms with van der Waals surface area (Å²) in [7, 11) is 0. The Labute approximate surface area is 128 Å². The van der Waals surface area contributed by atoms with E-state index in [0.29, 0.717) is 12.2 Å². The maximum atomic E-state index is 11.2. The van der Waals surface area contributed by atoms with Crippen molar-refractivity contribution in [2.75, 3.05) is 6.61 Å². The standard InChI is InChI=1S/C15H21BrN2O2/c1-5-6-10-7-11(15(2,3)4)8-12(16)14(10)20-9-13(19)18-17/h5,7-8H,1,6,9,17H2,2-4H3,(H,18,19). The fraction of sp³-hybridized carbons (Fsp3) is 0.400. The van der Waals surface area contributed by atoms with Gasteiger partial charge in [0.25, 0.3) is 5.91 Å². The molecule has 1 rings (SSSR count). The van der Waals surface area contributed by atoms with Crippen LogP contribution in [0.25, 0.3) is 0 Å². The second kappa shape index (κ2) is 6.90. The molecule has 0 saturated heterocycles. The average molecular weight is 341 g/mol. The molecule has 1 aromatic carbocycles. The monoisotopic (exact) mass is 340 g/mol. The van der Waals surface area contributed by atoms with Gasteiger partial charge in [-0.3, -0.25) is 10.2 Å². The number of carbonyl (C=O) groups excluding carboxylic acids is 1. The summed E-state index contributed by atoms with van der Waals surface area (Å²) >= 11 is 3.51. The number of halogens is 1. The van der Waals surface area contributed by atoms with Crippen LogP contribution in [0, 0.1) is 0 Å². The van der Waals surface area contributed by atoms with Crippen LogP contribution in [0.15, 0.2) is 29.3 Å². The van der Waals surface area contributed by atoms with Crippen molar-refractivity contribution in [1.29, 1.82) is 0 Å². The van der Waals surface area contributed by atoms with Crippen molar-refractivity contribution in [2.45, 2.75) is 32.6 Å². The Bertz CT molecular complexity index is 507. The number of hydrazine groups is 1. The minimum atomic E-state index is -0.374. The summed E-state index contributed by atoms with van der Waals surface area (Å²) in [6.45, 7) is 10.1. The van der Waals surface area contributed by atoms with Crippen molar-refractivity contribution < 1.29 is 9.53 Å². The van der Waals surface area contributed by atoms with Gasteiger partial charge in [0.2, 0.25) is 0 Å². The highest BCUT2D eigenvalue weighted by Crippen LogP contribution is 2.35. The van der Waals surface area contributed by atoms with E-state index in [9.17, 15) is 4.79 Å². The van der Waals surface area contributed by atoms with Gasteiger partial charge in [-0.15, -0.1) is 6.58 Å². The molecule has 0 aliphatic heterocycles. The number of hydrogen-bond acceptors (Lipinski definition) is 3. The van der Waals surface area contributed by atoms with E-state index in [-0.39, 0.29) is 17.9 Å². The van der Waals surface area contributed by atoms with Crippen LogP contribution in [-0.4, -0.2) is 12.5 Å². The maximum Gasteiger partial charge on any atom is 0.271 e. The van der Waals surface area contributed by atoms with Crippen LogP contribution < -0.4 is 16.0 Å². The third kappa shape index (κ3) is 4.35. The Morgan fingerprint density at radius 1 is 1.50 bits per heavy atom. The first-order valence-electron chi connectivity index (χ1n) is 6.35. The van der Waals surface area contributed by atoms with E-state index >= 15 is 0 Å². The summed E-state index contributed by atoms with van der Waals surface area (Å²) < 4.78 is 6.38. The molecule has 4 nitrogen and oxygen atoms in total. The summed E-state index contributed by atoms with van der Waals surface area (Å²) in [4.78, 5) is 11.2. The van der Waals surface area contributed by atoms with Crippen molar-refractivity contribution in [3.05, 3.63) is 40.4 Å². The van der Waals surface area contributed by atoms with Crippen molar-refractivity contribution in [1.82, 2.24) is 5.43 Å². The van der Waals surface area contributed by atoms with Crippen LogP contribution in [0.4, 0.5) is 0 Å². The van der Waals surface area contributed by atoms with Crippen LogP contribution in [-0.2, 0) is 16.6 Å². The van der Waals surface area contributed by atoms with Crippen LogP contribution in [0.2, 0.25) is 0 Å². The summed E-state index contributed by atoms with van der Waals surface area (Å²) in [6.07, 6.45) is 2.48. The Morgan fingerprint density at radius 3 is 2.65 bits per heavy atom. The summed E-state index contributed by atoms with van der Waals surface area (Å²) in [5.41, 5.74) is 4.26. The van der Waals surface area contributed by atoms with Gasteiger partial charge in [-0.05, 0) is 45.0 Å². The zero-order valence-electron chi connectivity index (χ0n) is 12.1. The second-order valence-corrected chi connectivity index (χ2v) is 6.40. The maximum absolute atomic E-state index is 11.2. The molecule has 0 atom stereocenters. The van der Waals surface area contributed by atoms with E-state index in [1.54, 1.807) is 0 Å². The minimum Gasteiger partial charge on any atom is -0.482 e. The van der Waals surface area contributed by atoms with E-state index in [4.69, 9.17) is 10.6 Å². The Morgan fingerprint density at radius 2 is 2.15 bits per heavy atom.